The third kappa shape index (κ3) is 2.92. The summed E-state index contributed by atoms with van der Waals surface area (Å²) in [6.07, 6.45) is 0.714. The predicted molar refractivity (Wildman–Crippen MR) is 69.1 cm³/mol. The number of anilines is 1. The van der Waals surface area contributed by atoms with Crippen molar-refractivity contribution in [2.75, 3.05) is 16.9 Å². The van der Waals surface area contributed by atoms with Gasteiger partial charge in [-0.15, -0.1) is 11.8 Å². The Hall–Kier alpha value is -1.20. The maximum absolute atomic E-state index is 11.9. The van der Waals surface area contributed by atoms with Crippen molar-refractivity contribution in [3.63, 3.8) is 0 Å². The Morgan fingerprint density at radius 3 is 2.82 bits per heavy atom. The summed E-state index contributed by atoms with van der Waals surface area (Å²) in [7, 11) is 0. The minimum Gasteiger partial charge on any atom is -0.324 e. The van der Waals surface area contributed by atoms with Crippen molar-refractivity contribution < 1.29 is 9.59 Å². The van der Waals surface area contributed by atoms with Crippen LogP contribution in [0.5, 0.6) is 0 Å². The molecule has 17 heavy (non-hydrogen) atoms. The van der Waals surface area contributed by atoms with E-state index in [-0.39, 0.29) is 11.9 Å². The molecule has 4 nitrogen and oxygen atoms in total. The summed E-state index contributed by atoms with van der Waals surface area (Å²) in [5.74, 6) is 1.05. The standard InChI is InChI=1S/C11H11ClN2O2S/c12-8-1-3-9(4-2-8)13-11(16)10-5-17-7-14(10)6-15/h1-4,6,10H,5,7H2,(H,13,16). The van der Waals surface area contributed by atoms with Gasteiger partial charge in [-0.3, -0.25) is 9.59 Å². The summed E-state index contributed by atoms with van der Waals surface area (Å²) < 4.78 is 0. The Bertz CT molecular complexity index is 424. The molecule has 1 fully saturated rings. The molecule has 1 aromatic rings. The summed E-state index contributed by atoms with van der Waals surface area (Å²) in [5, 5.41) is 3.38. The number of benzene rings is 1. The average molecular weight is 271 g/mol. The molecule has 0 radical (unpaired) electrons. The molecule has 1 atom stereocenters. The van der Waals surface area contributed by atoms with Crippen molar-refractivity contribution in [3.8, 4) is 0 Å². The molecule has 1 saturated heterocycles. The van der Waals surface area contributed by atoms with Gasteiger partial charge < -0.3 is 10.2 Å². The molecule has 0 spiro atoms. The van der Waals surface area contributed by atoms with Gasteiger partial charge in [0.05, 0.1) is 5.88 Å². The predicted octanol–water partition coefficient (Wildman–Crippen LogP) is 1.81. The van der Waals surface area contributed by atoms with Gasteiger partial charge >= 0.3 is 0 Å². The van der Waals surface area contributed by atoms with E-state index in [0.29, 0.717) is 28.7 Å². The van der Waals surface area contributed by atoms with Crippen molar-refractivity contribution in [1.29, 1.82) is 0 Å². The minimum absolute atomic E-state index is 0.163. The van der Waals surface area contributed by atoms with Gasteiger partial charge in [-0.1, -0.05) is 11.6 Å². The summed E-state index contributed by atoms with van der Waals surface area (Å²) in [6, 6.07) is 6.49. The molecule has 0 aromatic heterocycles. The van der Waals surface area contributed by atoms with Gasteiger partial charge in [0, 0.05) is 16.5 Å². The van der Waals surface area contributed by atoms with Crippen molar-refractivity contribution >= 4 is 41.4 Å². The lowest BCUT2D eigenvalue weighted by molar-refractivity contribution is -0.127. The van der Waals surface area contributed by atoms with E-state index in [4.69, 9.17) is 11.6 Å². The molecule has 0 aliphatic carbocycles. The first kappa shape index (κ1) is 12.3. The zero-order valence-electron chi connectivity index (χ0n) is 8.93. The number of hydrogen-bond acceptors (Lipinski definition) is 3. The van der Waals surface area contributed by atoms with Crippen molar-refractivity contribution in [3.05, 3.63) is 29.3 Å². The van der Waals surface area contributed by atoms with Gasteiger partial charge in [-0.25, -0.2) is 0 Å². The first-order valence-corrected chi connectivity index (χ1v) is 6.59. The van der Waals surface area contributed by atoms with E-state index in [1.165, 1.54) is 4.90 Å². The van der Waals surface area contributed by atoms with Crippen LogP contribution in [0.2, 0.25) is 5.02 Å². The lowest BCUT2D eigenvalue weighted by Gasteiger charge is -2.18. The van der Waals surface area contributed by atoms with Crippen LogP contribution in [0.3, 0.4) is 0 Å². The van der Waals surface area contributed by atoms with Crippen LogP contribution >= 0.6 is 23.4 Å². The maximum atomic E-state index is 11.9. The number of hydrogen-bond donors (Lipinski definition) is 1. The number of nitrogens with one attached hydrogen (secondary N) is 1. The quantitative estimate of drug-likeness (QED) is 0.853. The van der Waals surface area contributed by atoms with Crippen LogP contribution in [0.1, 0.15) is 0 Å². The number of nitrogens with zero attached hydrogens (tertiary/aromatic N) is 1. The minimum atomic E-state index is -0.381. The van der Waals surface area contributed by atoms with Crippen LogP contribution in [0.15, 0.2) is 24.3 Å². The number of carbonyl (C=O) groups is 2. The molecule has 6 heteroatoms. The molecule has 2 amide bonds. The van der Waals surface area contributed by atoms with E-state index in [9.17, 15) is 9.59 Å². The second-order valence-corrected chi connectivity index (χ2v) is 5.07. The van der Waals surface area contributed by atoms with Gasteiger partial charge in [0.1, 0.15) is 6.04 Å². The van der Waals surface area contributed by atoms with Gasteiger partial charge in [0.25, 0.3) is 0 Å². The van der Waals surface area contributed by atoms with E-state index in [1.807, 2.05) is 0 Å². The average Bonchev–Trinajstić information content (AvgIpc) is 2.80. The van der Waals surface area contributed by atoms with Crippen LogP contribution in [-0.4, -0.2) is 34.9 Å². The molecule has 1 unspecified atom stereocenters. The molecular weight excluding hydrogens is 260 g/mol. The van der Waals surface area contributed by atoms with Crippen LogP contribution < -0.4 is 5.32 Å². The van der Waals surface area contributed by atoms with Crippen molar-refractivity contribution in [1.82, 2.24) is 4.90 Å². The molecule has 1 aliphatic heterocycles. The molecule has 1 heterocycles. The highest BCUT2D eigenvalue weighted by Gasteiger charge is 2.30. The summed E-state index contributed by atoms with van der Waals surface area (Å²) >= 11 is 7.32. The first-order valence-electron chi connectivity index (χ1n) is 5.06. The summed E-state index contributed by atoms with van der Waals surface area (Å²) in [6.45, 7) is 0. The van der Waals surface area contributed by atoms with Gasteiger partial charge in [0.2, 0.25) is 12.3 Å². The molecular formula is C11H11ClN2O2S. The summed E-state index contributed by atoms with van der Waals surface area (Å²) in [5.41, 5.74) is 0.683. The van der Waals surface area contributed by atoms with Crippen LogP contribution in [0.25, 0.3) is 0 Å². The Labute approximate surface area is 108 Å². The fourth-order valence-electron chi connectivity index (χ4n) is 1.54. The number of halogens is 1. The zero-order chi connectivity index (χ0) is 12.3. The molecule has 1 N–H and O–H groups in total. The molecule has 1 aliphatic rings. The van der Waals surface area contributed by atoms with E-state index in [2.05, 4.69) is 5.32 Å². The smallest absolute Gasteiger partial charge is 0.248 e. The number of rotatable bonds is 3. The Morgan fingerprint density at radius 1 is 1.47 bits per heavy atom. The second-order valence-electron chi connectivity index (χ2n) is 3.63. The second kappa shape index (κ2) is 5.42. The third-order valence-electron chi connectivity index (χ3n) is 2.47. The van der Waals surface area contributed by atoms with Crippen LogP contribution in [0, 0.1) is 0 Å². The normalized spacial score (nSPS) is 19.1. The number of carbonyl (C=O) groups excluding carboxylic acids is 2. The highest BCUT2D eigenvalue weighted by atomic mass is 35.5. The Morgan fingerprint density at radius 2 is 2.18 bits per heavy atom. The van der Waals surface area contributed by atoms with Crippen molar-refractivity contribution in [2.45, 2.75) is 6.04 Å². The lowest BCUT2D eigenvalue weighted by atomic mass is 10.2. The highest BCUT2D eigenvalue weighted by molar-refractivity contribution is 7.99. The van der Waals surface area contributed by atoms with E-state index in [1.54, 1.807) is 36.0 Å². The van der Waals surface area contributed by atoms with Gasteiger partial charge in [-0.05, 0) is 24.3 Å². The van der Waals surface area contributed by atoms with Gasteiger partial charge in [-0.2, -0.15) is 0 Å². The zero-order valence-corrected chi connectivity index (χ0v) is 10.5. The van der Waals surface area contributed by atoms with Crippen molar-refractivity contribution in [2.24, 2.45) is 0 Å². The molecule has 0 bridgehead atoms. The van der Waals surface area contributed by atoms with Crippen LogP contribution in [-0.2, 0) is 9.59 Å². The number of thioether (sulfide) groups is 1. The fourth-order valence-corrected chi connectivity index (χ4v) is 2.79. The summed E-state index contributed by atoms with van der Waals surface area (Å²) in [4.78, 5) is 24.1. The van der Waals surface area contributed by atoms with E-state index in [0.717, 1.165) is 0 Å². The fraction of sp³-hybridized carbons (Fsp3) is 0.273. The lowest BCUT2D eigenvalue weighted by Crippen LogP contribution is -2.40. The first-order chi connectivity index (χ1) is 8.20. The number of amides is 2. The topological polar surface area (TPSA) is 49.4 Å². The molecule has 1 aromatic carbocycles. The Kier molecular flexibility index (Phi) is 3.91. The van der Waals surface area contributed by atoms with E-state index >= 15 is 0 Å². The molecule has 90 valence electrons. The van der Waals surface area contributed by atoms with Gasteiger partial charge in [0.15, 0.2) is 0 Å². The maximum Gasteiger partial charge on any atom is 0.248 e. The highest BCUT2D eigenvalue weighted by Crippen LogP contribution is 2.21. The molecule has 0 saturated carbocycles. The largest absolute Gasteiger partial charge is 0.324 e. The SMILES string of the molecule is O=CN1CSCC1C(=O)Nc1ccc(Cl)cc1. The third-order valence-corrected chi connectivity index (χ3v) is 3.75. The molecule has 2 rings (SSSR count). The van der Waals surface area contributed by atoms with Crippen LogP contribution in [0.4, 0.5) is 5.69 Å². The van der Waals surface area contributed by atoms with E-state index < -0.39 is 0 Å². The monoisotopic (exact) mass is 270 g/mol. The Balaban J connectivity index is 2.01.